The SMILES string of the molecule is CC(C)(C)N1CCC(O)(c2ccsc2-c2ccccc2O)C1. The Morgan fingerprint density at radius 2 is 1.91 bits per heavy atom. The molecule has 2 aromatic rings. The number of para-hydroxylation sites is 1. The minimum atomic E-state index is -0.842. The maximum Gasteiger partial charge on any atom is 0.124 e. The van der Waals surface area contributed by atoms with E-state index in [9.17, 15) is 10.2 Å². The molecule has 1 unspecified atom stereocenters. The van der Waals surface area contributed by atoms with Gasteiger partial charge in [-0.3, -0.25) is 4.90 Å². The first-order valence-corrected chi connectivity index (χ1v) is 8.53. The van der Waals surface area contributed by atoms with Crippen molar-refractivity contribution in [2.45, 2.75) is 38.3 Å². The van der Waals surface area contributed by atoms with Crippen LogP contribution in [0.1, 0.15) is 32.8 Å². The summed E-state index contributed by atoms with van der Waals surface area (Å²) >= 11 is 1.57. The average Bonchev–Trinajstić information content (AvgIpc) is 3.06. The van der Waals surface area contributed by atoms with Gasteiger partial charge in [-0.2, -0.15) is 0 Å². The Balaban J connectivity index is 1.98. The van der Waals surface area contributed by atoms with E-state index in [0.29, 0.717) is 6.54 Å². The number of aliphatic hydroxyl groups is 1. The summed E-state index contributed by atoms with van der Waals surface area (Å²) in [4.78, 5) is 3.29. The Bertz CT molecular complexity index is 674. The quantitative estimate of drug-likeness (QED) is 0.885. The molecule has 1 aliphatic heterocycles. The van der Waals surface area contributed by atoms with E-state index in [1.165, 1.54) is 0 Å². The molecule has 1 aliphatic rings. The summed E-state index contributed by atoms with van der Waals surface area (Å²) in [6, 6.07) is 9.33. The van der Waals surface area contributed by atoms with Gasteiger partial charge in [-0.15, -0.1) is 11.3 Å². The standard InChI is InChI=1S/C18H23NO2S/c1-17(2,3)19-10-9-18(21,12-19)14-8-11-22-16(14)13-6-4-5-7-15(13)20/h4-8,11,20-21H,9-10,12H2,1-3H3. The van der Waals surface area contributed by atoms with E-state index in [0.717, 1.165) is 29.0 Å². The summed E-state index contributed by atoms with van der Waals surface area (Å²) in [5, 5.41) is 23.3. The minimum absolute atomic E-state index is 0.0511. The Labute approximate surface area is 135 Å². The number of benzene rings is 1. The number of hydrogen-bond donors (Lipinski definition) is 2. The van der Waals surface area contributed by atoms with Gasteiger partial charge in [-0.05, 0) is 50.8 Å². The van der Waals surface area contributed by atoms with Crippen LogP contribution in [0.5, 0.6) is 5.75 Å². The molecule has 0 aliphatic carbocycles. The lowest BCUT2D eigenvalue weighted by Crippen LogP contribution is -2.42. The zero-order chi connectivity index (χ0) is 16.0. The molecule has 1 fully saturated rings. The molecule has 2 heterocycles. The average molecular weight is 317 g/mol. The first kappa shape index (κ1) is 15.5. The Hall–Kier alpha value is -1.36. The van der Waals surface area contributed by atoms with Crippen LogP contribution < -0.4 is 0 Å². The highest BCUT2D eigenvalue weighted by molar-refractivity contribution is 7.13. The molecular weight excluding hydrogens is 294 g/mol. The maximum atomic E-state index is 11.2. The number of β-amino-alcohol motifs (C(OH)–C–C–N with tert-alkyl or cyclic N) is 1. The fourth-order valence-electron chi connectivity index (χ4n) is 3.14. The zero-order valence-electron chi connectivity index (χ0n) is 13.3. The number of likely N-dealkylation sites (tertiary alicyclic amines) is 1. The number of rotatable bonds is 2. The molecule has 2 N–H and O–H groups in total. The molecule has 0 saturated carbocycles. The molecular formula is C18H23NO2S. The molecule has 4 heteroatoms. The zero-order valence-corrected chi connectivity index (χ0v) is 14.2. The van der Waals surface area contributed by atoms with E-state index < -0.39 is 5.60 Å². The molecule has 1 saturated heterocycles. The second kappa shape index (κ2) is 5.37. The molecule has 118 valence electrons. The van der Waals surface area contributed by atoms with Crippen molar-refractivity contribution in [3.8, 4) is 16.2 Å². The van der Waals surface area contributed by atoms with Crippen LogP contribution in [0.3, 0.4) is 0 Å². The number of hydrogen-bond acceptors (Lipinski definition) is 4. The molecule has 1 atom stereocenters. The lowest BCUT2D eigenvalue weighted by Gasteiger charge is -2.33. The van der Waals surface area contributed by atoms with Gasteiger partial charge in [-0.25, -0.2) is 0 Å². The molecule has 0 spiro atoms. The van der Waals surface area contributed by atoms with Crippen LogP contribution in [0.4, 0.5) is 0 Å². The van der Waals surface area contributed by atoms with Crippen LogP contribution >= 0.6 is 11.3 Å². The monoisotopic (exact) mass is 317 g/mol. The van der Waals surface area contributed by atoms with Gasteiger partial charge >= 0.3 is 0 Å². The van der Waals surface area contributed by atoms with Gasteiger partial charge in [0.1, 0.15) is 11.4 Å². The minimum Gasteiger partial charge on any atom is -0.507 e. The Kier molecular flexibility index (Phi) is 3.79. The summed E-state index contributed by atoms with van der Waals surface area (Å²) in [7, 11) is 0. The predicted octanol–water partition coefficient (Wildman–Crippen LogP) is 3.81. The van der Waals surface area contributed by atoms with E-state index in [4.69, 9.17) is 0 Å². The van der Waals surface area contributed by atoms with Crippen molar-refractivity contribution in [1.29, 1.82) is 0 Å². The smallest absolute Gasteiger partial charge is 0.124 e. The lowest BCUT2D eigenvalue weighted by atomic mass is 9.91. The van der Waals surface area contributed by atoms with Gasteiger partial charge in [0.15, 0.2) is 0 Å². The van der Waals surface area contributed by atoms with Crippen LogP contribution in [0.25, 0.3) is 10.4 Å². The second-order valence-electron chi connectivity index (χ2n) is 7.05. The lowest BCUT2D eigenvalue weighted by molar-refractivity contribution is 0.0334. The maximum absolute atomic E-state index is 11.2. The number of phenols is 1. The van der Waals surface area contributed by atoms with Crippen molar-refractivity contribution in [3.05, 3.63) is 41.3 Å². The van der Waals surface area contributed by atoms with E-state index in [2.05, 4.69) is 25.7 Å². The summed E-state index contributed by atoms with van der Waals surface area (Å²) in [5.74, 6) is 0.264. The van der Waals surface area contributed by atoms with Crippen molar-refractivity contribution in [2.75, 3.05) is 13.1 Å². The number of aromatic hydroxyl groups is 1. The highest BCUT2D eigenvalue weighted by Gasteiger charge is 2.43. The van der Waals surface area contributed by atoms with Crippen LogP contribution in [0, 0.1) is 0 Å². The van der Waals surface area contributed by atoms with Crippen molar-refractivity contribution in [2.24, 2.45) is 0 Å². The molecule has 0 radical (unpaired) electrons. The number of phenolic OH excluding ortho intramolecular Hbond substituents is 1. The first-order chi connectivity index (χ1) is 10.3. The van der Waals surface area contributed by atoms with Gasteiger partial charge in [0, 0.05) is 34.6 Å². The molecule has 0 amide bonds. The largest absolute Gasteiger partial charge is 0.507 e. The van der Waals surface area contributed by atoms with E-state index in [-0.39, 0.29) is 11.3 Å². The fourth-order valence-corrected chi connectivity index (χ4v) is 4.16. The molecule has 3 nitrogen and oxygen atoms in total. The van der Waals surface area contributed by atoms with E-state index >= 15 is 0 Å². The van der Waals surface area contributed by atoms with Crippen molar-refractivity contribution < 1.29 is 10.2 Å². The van der Waals surface area contributed by atoms with Gasteiger partial charge in [0.2, 0.25) is 0 Å². The highest BCUT2D eigenvalue weighted by Crippen LogP contribution is 2.44. The van der Waals surface area contributed by atoms with E-state index in [1.807, 2.05) is 29.6 Å². The Morgan fingerprint density at radius 3 is 2.55 bits per heavy atom. The van der Waals surface area contributed by atoms with Crippen molar-refractivity contribution >= 4 is 11.3 Å². The summed E-state index contributed by atoms with van der Waals surface area (Å²) in [6.45, 7) is 8.05. The van der Waals surface area contributed by atoms with Crippen molar-refractivity contribution in [3.63, 3.8) is 0 Å². The summed E-state index contributed by atoms with van der Waals surface area (Å²) < 4.78 is 0. The third-order valence-corrected chi connectivity index (χ3v) is 5.46. The molecule has 1 aromatic carbocycles. The van der Waals surface area contributed by atoms with Crippen LogP contribution in [-0.4, -0.2) is 33.7 Å². The summed E-state index contributed by atoms with van der Waals surface area (Å²) in [6.07, 6.45) is 0.724. The van der Waals surface area contributed by atoms with Gasteiger partial charge in [-0.1, -0.05) is 12.1 Å². The first-order valence-electron chi connectivity index (χ1n) is 7.65. The topological polar surface area (TPSA) is 43.7 Å². The third kappa shape index (κ3) is 2.67. The third-order valence-electron chi connectivity index (χ3n) is 4.51. The van der Waals surface area contributed by atoms with Crippen LogP contribution in [-0.2, 0) is 5.60 Å². The number of thiophene rings is 1. The number of nitrogens with zero attached hydrogens (tertiary/aromatic N) is 1. The Morgan fingerprint density at radius 1 is 1.18 bits per heavy atom. The van der Waals surface area contributed by atoms with Gasteiger partial charge < -0.3 is 10.2 Å². The van der Waals surface area contributed by atoms with Crippen molar-refractivity contribution in [1.82, 2.24) is 4.90 Å². The van der Waals surface area contributed by atoms with Crippen LogP contribution in [0.15, 0.2) is 35.7 Å². The summed E-state index contributed by atoms with van der Waals surface area (Å²) in [5.41, 5.74) is 0.946. The van der Waals surface area contributed by atoms with E-state index in [1.54, 1.807) is 17.4 Å². The fraction of sp³-hybridized carbons (Fsp3) is 0.444. The molecule has 0 bridgehead atoms. The molecule has 1 aromatic heterocycles. The van der Waals surface area contributed by atoms with Gasteiger partial charge in [0.25, 0.3) is 0 Å². The second-order valence-corrected chi connectivity index (χ2v) is 7.97. The predicted molar refractivity (Wildman–Crippen MR) is 91.3 cm³/mol. The molecule has 3 rings (SSSR count). The molecule has 22 heavy (non-hydrogen) atoms. The van der Waals surface area contributed by atoms with Crippen LogP contribution in [0.2, 0.25) is 0 Å². The van der Waals surface area contributed by atoms with Gasteiger partial charge in [0.05, 0.1) is 0 Å². The normalized spacial score (nSPS) is 23.1. The highest BCUT2D eigenvalue weighted by atomic mass is 32.1.